The van der Waals surface area contributed by atoms with Gasteiger partial charge >= 0.3 is 0 Å². The van der Waals surface area contributed by atoms with E-state index in [0.717, 1.165) is 12.1 Å². The van der Waals surface area contributed by atoms with E-state index < -0.39 is 6.04 Å². The van der Waals surface area contributed by atoms with Crippen LogP contribution in [0.3, 0.4) is 0 Å². The van der Waals surface area contributed by atoms with Crippen LogP contribution in [0.4, 0.5) is 5.69 Å². The lowest BCUT2D eigenvalue weighted by Crippen LogP contribution is -2.67. The summed E-state index contributed by atoms with van der Waals surface area (Å²) in [4.78, 5) is 14.0. The Hall–Kier alpha value is -1.55. The standard InChI is InChI=1S/C15H22N2O2/c1-4-11-7-5-6-8-12(11)17-13(9-18)14(19)16-10-15(17,2)3/h5-8,13,18H,4,9-10H2,1-3H3,(H,16,19). The SMILES string of the molecule is CCc1ccccc1N1C(CO)C(=O)NCC1(C)C. The molecule has 1 saturated heterocycles. The summed E-state index contributed by atoms with van der Waals surface area (Å²) in [5, 5.41) is 12.5. The van der Waals surface area contributed by atoms with Crippen LogP contribution in [0.25, 0.3) is 0 Å². The Morgan fingerprint density at radius 1 is 1.42 bits per heavy atom. The molecular formula is C15H22N2O2. The van der Waals surface area contributed by atoms with Gasteiger partial charge in [-0.25, -0.2) is 0 Å². The van der Waals surface area contributed by atoms with Crippen LogP contribution in [0.15, 0.2) is 24.3 Å². The monoisotopic (exact) mass is 262 g/mol. The van der Waals surface area contributed by atoms with Crippen molar-refractivity contribution in [1.29, 1.82) is 0 Å². The van der Waals surface area contributed by atoms with Gasteiger partial charge in [0.2, 0.25) is 5.91 Å². The molecule has 1 aromatic carbocycles. The summed E-state index contributed by atoms with van der Waals surface area (Å²) >= 11 is 0. The summed E-state index contributed by atoms with van der Waals surface area (Å²) in [7, 11) is 0. The summed E-state index contributed by atoms with van der Waals surface area (Å²) in [5.41, 5.74) is 2.03. The van der Waals surface area contributed by atoms with E-state index in [4.69, 9.17) is 0 Å². The predicted octanol–water partition coefficient (Wildman–Crippen LogP) is 1.32. The fraction of sp³-hybridized carbons (Fsp3) is 0.533. The molecule has 0 bridgehead atoms. The first-order chi connectivity index (χ1) is 9.01. The van der Waals surface area contributed by atoms with Gasteiger partial charge < -0.3 is 15.3 Å². The van der Waals surface area contributed by atoms with Crippen molar-refractivity contribution in [2.45, 2.75) is 38.8 Å². The average Bonchev–Trinajstić information content (AvgIpc) is 2.41. The van der Waals surface area contributed by atoms with Crippen LogP contribution in [0, 0.1) is 0 Å². The second-order valence-electron chi connectivity index (χ2n) is 5.58. The van der Waals surface area contributed by atoms with E-state index in [9.17, 15) is 9.90 Å². The van der Waals surface area contributed by atoms with E-state index in [1.54, 1.807) is 0 Å². The van der Waals surface area contributed by atoms with Crippen LogP contribution in [0.1, 0.15) is 26.3 Å². The fourth-order valence-electron chi connectivity index (χ4n) is 2.75. The third kappa shape index (κ3) is 2.45. The van der Waals surface area contributed by atoms with Crippen molar-refractivity contribution in [2.24, 2.45) is 0 Å². The van der Waals surface area contributed by atoms with Gasteiger partial charge in [-0.15, -0.1) is 0 Å². The maximum Gasteiger partial charge on any atom is 0.245 e. The highest BCUT2D eigenvalue weighted by Gasteiger charge is 2.41. The molecule has 0 aliphatic carbocycles. The summed E-state index contributed by atoms with van der Waals surface area (Å²) < 4.78 is 0. The first-order valence-electron chi connectivity index (χ1n) is 6.77. The summed E-state index contributed by atoms with van der Waals surface area (Å²) in [6, 6.07) is 7.57. The minimum Gasteiger partial charge on any atom is -0.394 e. The van der Waals surface area contributed by atoms with E-state index in [1.807, 2.05) is 18.2 Å². The second-order valence-corrected chi connectivity index (χ2v) is 5.58. The van der Waals surface area contributed by atoms with Gasteiger partial charge in [-0.2, -0.15) is 0 Å². The Balaban J connectivity index is 2.50. The smallest absolute Gasteiger partial charge is 0.245 e. The first kappa shape index (κ1) is 13.9. The first-order valence-corrected chi connectivity index (χ1v) is 6.77. The minimum absolute atomic E-state index is 0.104. The van der Waals surface area contributed by atoms with Gasteiger partial charge in [-0.05, 0) is 31.9 Å². The van der Waals surface area contributed by atoms with Crippen molar-refractivity contribution in [1.82, 2.24) is 5.32 Å². The Morgan fingerprint density at radius 2 is 2.11 bits per heavy atom. The third-order valence-corrected chi connectivity index (χ3v) is 3.77. The Bertz CT molecular complexity index is 471. The number of hydrogen-bond donors (Lipinski definition) is 2. The molecule has 1 amide bonds. The number of para-hydroxylation sites is 1. The number of aryl methyl sites for hydroxylation is 1. The fourth-order valence-corrected chi connectivity index (χ4v) is 2.75. The lowest BCUT2D eigenvalue weighted by Gasteiger charge is -2.48. The van der Waals surface area contributed by atoms with Crippen LogP contribution >= 0.6 is 0 Å². The summed E-state index contributed by atoms with van der Waals surface area (Å²) in [6.07, 6.45) is 0.905. The molecule has 0 aromatic heterocycles. The summed E-state index contributed by atoms with van der Waals surface area (Å²) in [5.74, 6) is -0.104. The molecular weight excluding hydrogens is 240 g/mol. The molecule has 2 N–H and O–H groups in total. The second kappa shape index (κ2) is 5.21. The van der Waals surface area contributed by atoms with Crippen molar-refractivity contribution in [2.75, 3.05) is 18.1 Å². The van der Waals surface area contributed by atoms with Crippen LogP contribution in [-0.2, 0) is 11.2 Å². The predicted molar refractivity (Wildman–Crippen MR) is 76.3 cm³/mol. The maximum absolute atomic E-state index is 12.0. The number of rotatable bonds is 3. The minimum atomic E-state index is -0.517. The molecule has 1 aromatic rings. The molecule has 4 heteroatoms. The van der Waals surface area contributed by atoms with Crippen LogP contribution in [0.2, 0.25) is 0 Å². The molecule has 1 aliphatic heterocycles. The molecule has 0 radical (unpaired) electrons. The third-order valence-electron chi connectivity index (χ3n) is 3.77. The van der Waals surface area contributed by atoms with Gasteiger partial charge in [0.15, 0.2) is 0 Å². The zero-order valence-corrected chi connectivity index (χ0v) is 11.8. The number of piperazine rings is 1. The van der Waals surface area contributed by atoms with E-state index in [0.29, 0.717) is 6.54 Å². The number of amides is 1. The summed E-state index contributed by atoms with van der Waals surface area (Å²) in [6.45, 7) is 6.68. The highest BCUT2D eigenvalue weighted by atomic mass is 16.3. The molecule has 2 rings (SSSR count). The lowest BCUT2D eigenvalue weighted by atomic mass is 9.93. The van der Waals surface area contributed by atoms with Gasteiger partial charge in [0.05, 0.1) is 12.1 Å². The Morgan fingerprint density at radius 3 is 2.74 bits per heavy atom. The van der Waals surface area contributed by atoms with E-state index in [2.05, 4.69) is 37.1 Å². The van der Waals surface area contributed by atoms with Crippen molar-refractivity contribution < 1.29 is 9.90 Å². The van der Waals surface area contributed by atoms with Crippen molar-refractivity contribution in [3.05, 3.63) is 29.8 Å². The number of benzene rings is 1. The molecule has 4 nitrogen and oxygen atoms in total. The van der Waals surface area contributed by atoms with Gasteiger partial charge in [0.25, 0.3) is 0 Å². The highest BCUT2D eigenvalue weighted by Crippen LogP contribution is 2.32. The number of nitrogens with zero attached hydrogens (tertiary/aromatic N) is 1. The van der Waals surface area contributed by atoms with E-state index >= 15 is 0 Å². The number of hydrogen-bond acceptors (Lipinski definition) is 3. The Labute approximate surface area is 114 Å². The maximum atomic E-state index is 12.0. The number of aliphatic hydroxyl groups is 1. The van der Waals surface area contributed by atoms with Crippen LogP contribution in [0.5, 0.6) is 0 Å². The quantitative estimate of drug-likeness (QED) is 0.864. The number of aliphatic hydroxyl groups excluding tert-OH is 1. The highest BCUT2D eigenvalue weighted by molar-refractivity contribution is 5.88. The van der Waals surface area contributed by atoms with Crippen LogP contribution < -0.4 is 10.2 Å². The lowest BCUT2D eigenvalue weighted by molar-refractivity contribution is -0.125. The largest absolute Gasteiger partial charge is 0.394 e. The van der Waals surface area contributed by atoms with Gasteiger partial charge in [-0.1, -0.05) is 25.1 Å². The molecule has 1 fully saturated rings. The molecule has 0 saturated carbocycles. The number of carbonyl (C=O) groups excluding carboxylic acids is 1. The van der Waals surface area contributed by atoms with Crippen molar-refractivity contribution >= 4 is 11.6 Å². The van der Waals surface area contributed by atoms with E-state index in [1.165, 1.54) is 5.56 Å². The zero-order chi connectivity index (χ0) is 14.0. The number of nitrogens with one attached hydrogen (secondary N) is 1. The molecule has 1 atom stereocenters. The Kier molecular flexibility index (Phi) is 3.80. The molecule has 104 valence electrons. The van der Waals surface area contributed by atoms with E-state index in [-0.39, 0.29) is 18.1 Å². The molecule has 1 unspecified atom stereocenters. The normalized spacial score (nSPS) is 22.2. The molecule has 0 spiro atoms. The number of carbonyl (C=O) groups is 1. The molecule has 1 aliphatic rings. The molecule has 19 heavy (non-hydrogen) atoms. The zero-order valence-electron chi connectivity index (χ0n) is 11.8. The molecule has 1 heterocycles. The topological polar surface area (TPSA) is 52.6 Å². The number of anilines is 1. The van der Waals surface area contributed by atoms with Crippen LogP contribution in [-0.4, -0.2) is 35.7 Å². The van der Waals surface area contributed by atoms with Crippen molar-refractivity contribution in [3.8, 4) is 0 Å². The van der Waals surface area contributed by atoms with Crippen molar-refractivity contribution in [3.63, 3.8) is 0 Å². The van der Waals surface area contributed by atoms with Gasteiger partial charge in [-0.3, -0.25) is 4.79 Å². The van der Waals surface area contributed by atoms with Gasteiger partial charge in [0, 0.05) is 12.2 Å². The van der Waals surface area contributed by atoms with Gasteiger partial charge in [0.1, 0.15) is 6.04 Å². The average molecular weight is 262 g/mol.